The Morgan fingerprint density at radius 3 is 2.73 bits per heavy atom. The summed E-state index contributed by atoms with van der Waals surface area (Å²) in [7, 11) is 0. The van der Waals surface area contributed by atoms with Crippen LogP contribution in [0.1, 0.15) is 12.5 Å². The molecule has 6 nitrogen and oxygen atoms in total. The molecule has 6 heteroatoms. The molecule has 0 aromatic heterocycles. The van der Waals surface area contributed by atoms with E-state index in [0.717, 1.165) is 5.56 Å². The molecule has 1 heterocycles. The predicted octanol–water partition coefficient (Wildman–Crippen LogP) is 0.769. The van der Waals surface area contributed by atoms with Crippen LogP contribution in [0.3, 0.4) is 0 Å². The van der Waals surface area contributed by atoms with Gasteiger partial charge in [-0.05, 0) is 18.6 Å². The molecule has 2 rings (SSSR count). The Kier molecular flexibility index (Phi) is 6.09. The lowest BCUT2D eigenvalue weighted by Crippen LogP contribution is -2.34. The Hall–Kier alpha value is -1.73. The van der Waals surface area contributed by atoms with Crippen molar-refractivity contribution in [1.82, 2.24) is 0 Å². The van der Waals surface area contributed by atoms with Crippen LogP contribution in [-0.2, 0) is 25.6 Å². The lowest BCUT2D eigenvalue weighted by Gasteiger charge is -2.18. The maximum atomic E-state index is 11.3. The van der Waals surface area contributed by atoms with E-state index in [2.05, 4.69) is 0 Å². The number of ether oxygens (including phenoxy) is 3. The molecular formula is C16H20O6. The molecule has 0 amide bonds. The SMILES string of the molecule is CCOC(=O)/C=C/[C@H]1OC(O)[C@H](O)[C@H]1OCc1ccccc1. The Bertz CT molecular complexity index is 501. The Balaban J connectivity index is 1.97. The topological polar surface area (TPSA) is 85.2 Å². The van der Waals surface area contributed by atoms with E-state index in [1.807, 2.05) is 30.3 Å². The van der Waals surface area contributed by atoms with Crippen molar-refractivity contribution in [1.29, 1.82) is 0 Å². The van der Waals surface area contributed by atoms with Crippen LogP contribution >= 0.6 is 0 Å². The highest BCUT2D eigenvalue weighted by Gasteiger charge is 2.42. The molecule has 1 aliphatic heterocycles. The van der Waals surface area contributed by atoms with E-state index in [9.17, 15) is 15.0 Å². The van der Waals surface area contributed by atoms with Gasteiger partial charge in [-0.3, -0.25) is 0 Å². The first-order valence-corrected chi connectivity index (χ1v) is 7.14. The third kappa shape index (κ3) is 4.38. The molecule has 120 valence electrons. The zero-order valence-corrected chi connectivity index (χ0v) is 12.3. The molecule has 1 aliphatic rings. The molecule has 0 saturated carbocycles. The van der Waals surface area contributed by atoms with E-state index in [1.54, 1.807) is 6.92 Å². The molecule has 1 aromatic carbocycles. The van der Waals surface area contributed by atoms with Crippen LogP contribution in [0.2, 0.25) is 0 Å². The average Bonchev–Trinajstić information content (AvgIpc) is 2.79. The van der Waals surface area contributed by atoms with Crippen LogP contribution in [0.15, 0.2) is 42.5 Å². The predicted molar refractivity (Wildman–Crippen MR) is 77.7 cm³/mol. The summed E-state index contributed by atoms with van der Waals surface area (Å²) in [6.45, 7) is 2.24. The molecule has 22 heavy (non-hydrogen) atoms. The summed E-state index contributed by atoms with van der Waals surface area (Å²) in [5, 5.41) is 19.5. The summed E-state index contributed by atoms with van der Waals surface area (Å²) in [6.07, 6.45) is -1.39. The second-order valence-corrected chi connectivity index (χ2v) is 4.85. The molecule has 1 aromatic rings. The summed E-state index contributed by atoms with van der Waals surface area (Å²) in [4.78, 5) is 11.3. The van der Waals surface area contributed by atoms with Gasteiger partial charge >= 0.3 is 5.97 Å². The minimum Gasteiger partial charge on any atom is -0.463 e. The van der Waals surface area contributed by atoms with E-state index in [1.165, 1.54) is 12.2 Å². The maximum Gasteiger partial charge on any atom is 0.330 e. The van der Waals surface area contributed by atoms with Gasteiger partial charge in [0.1, 0.15) is 18.3 Å². The van der Waals surface area contributed by atoms with Crippen molar-refractivity contribution < 1.29 is 29.2 Å². The summed E-state index contributed by atoms with van der Waals surface area (Å²) in [5.74, 6) is -0.510. The molecule has 0 spiro atoms. The molecule has 0 bridgehead atoms. The second kappa shape index (κ2) is 8.05. The third-order valence-electron chi connectivity index (χ3n) is 3.24. The fourth-order valence-corrected chi connectivity index (χ4v) is 2.15. The lowest BCUT2D eigenvalue weighted by molar-refractivity contribution is -0.137. The summed E-state index contributed by atoms with van der Waals surface area (Å²) in [6, 6.07) is 9.44. The molecule has 1 fully saturated rings. The zero-order chi connectivity index (χ0) is 15.9. The van der Waals surface area contributed by atoms with Gasteiger partial charge < -0.3 is 24.4 Å². The van der Waals surface area contributed by atoms with Crippen molar-refractivity contribution >= 4 is 5.97 Å². The summed E-state index contributed by atoms with van der Waals surface area (Å²) in [5.41, 5.74) is 0.934. The minimum atomic E-state index is -1.35. The first kappa shape index (κ1) is 16.6. The highest BCUT2D eigenvalue weighted by molar-refractivity contribution is 5.81. The standard InChI is InChI=1S/C16H20O6/c1-2-20-13(17)9-8-12-15(14(18)16(19)22-12)21-10-11-6-4-3-5-7-11/h3-9,12,14-16,18-19H,2,10H2,1H3/b9-8+/t12-,14-,15+,16?/m1/s1. The van der Waals surface area contributed by atoms with Crippen LogP contribution < -0.4 is 0 Å². The normalized spacial score (nSPS) is 28.1. The van der Waals surface area contributed by atoms with E-state index in [-0.39, 0.29) is 13.2 Å². The largest absolute Gasteiger partial charge is 0.463 e. The number of hydrogen-bond donors (Lipinski definition) is 2. The summed E-state index contributed by atoms with van der Waals surface area (Å²) < 4.78 is 15.6. The van der Waals surface area contributed by atoms with Gasteiger partial charge in [-0.25, -0.2) is 4.79 Å². The first-order valence-electron chi connectivity index (χ1n) is 7.14. The highest BCUT2D eigenvalue weighted by atomic mass is 16.7. The fourth-order valence-electron chi connectivity index (χ4n) is 2.15. The van der Waals surface area contributed by atoms with E-state index < -0.39 is 30.6 Å². The van der Waals surface area contributed by atoms with Crippen LogP contribution in [-0.4, -0.2) is 47.4 Å². The fraction of sp³-hybridized carbons (Fsp3) is 0.438. The number of aliphatic hydroxyl groups excluding tert-OH is 2. The molecule has 2 N–H and O–H groups in total. The van der Waals surface area contributed by atoms with Gasteiger partial charge in [0.15, 0.2) is 6.29 Å². The zero-order valence-electron chi connectivity index (χ0n) is 12.3. The highest BCUT2D eigenvalue weighted by Crippen LogP contribution is 2.24. The second-order valence-electron chi connectivity index (χ2n) is 4.85. The van der Waals surface area contributed by atoms with Gasteiger partial charge in [0, 0.05) is 6.08 Å². The summed E-state index contributed by atoms with van der Waals surface area (Å²) >= 11 is 0. The first-order chi connectivity index (χ1) is 10.6. The molecule has 0 radical (unpaired) electrons. The number of carbonyl (C=O) groups is 1. The van der Waals surface area contributed by atoms with Gasteiger partial charge in [0.2, 0.25) is 0 Å². The van der Waals surface area contributed by atoms with E-state index >= 15 is 0 Å². The van der Waals surface area contributed by atoms with Crippen molar-refractivity contribution in [2.45, 2.75) is 38.1 Å². The number of hydrogen-bond acceptors (Lipinski definition) is 6. The quantitative estimate of drug-likeness (QED) is 0.596. The van der Waals surface area contributed by atoms with Crippen LogP contribution in [0.4, 0.5) is 0 Å². The van der Waals surface area contributed by atoms with Crippen molar-refractivity contribution in [3.05, 3.63) is 48.0 Å². The van der Waals surface area contributed by atoms with Crippen LogP contribution in [0.25, 0.3) is 0 Å². The smallest absolute Gasteiger partial charge is 0.330 e. The van der Waals surface area contributed by atoms with Gasteiger partial charge in [0.25, 0.3) is 0 Å². The van der Waals surface area contributed by atoms with Crippen molar-refractivity contribution in [3.8, 4) is 0 Å². The van der Waals surface area contributed by atoms with Crippen LogP contribution in [0.5, 0.6) is 0 Å². The number of benzene rings is 1. The third-order valence-corrected chi connectivity index (χ3v) is 3.24. The average molecular weight is 308 g/mol. The van der Waals surface area contributed by atoms with E-state index in [4.69, 9.17) is 14.2 Å². The Morgan fingerprint density at radius 1 is 1.32 bits per heavy atom. The Labute approximate surface area is 128 Å². The Morgan fingerprint density at radius 2 is 2.05 bits per heavy atom. The molecular weight excluding hydrogens is 288 g/mol. The van der Waals surface area contributed by atoms with Crippen molar-refractivity contribution in [2.24, 2.45) is 0 Å². The van der Waals surface area contributed by atoms with E-state index in [0.29, 0.717) is 0 Å². The van der Waals surface area contributed by atoms with Crippen LogP contribution in [0, 0.1) is 0 Å². The van der Waals surface area contributed by atoms with Gasteiger partial charge in [-0.1, -0.05) is 30.3 Å². The number of aliphatic hydroxyl groups is 2. The molecule has 1 unspecified atom stereocenters. The molecule has 1 saturated heterocycles. The number of carbonyl (C=O) groups excluding carboxylic acids is 1. The number of rotatable bonds is 6. The van der Waals surface area contributed by atoms with Crippen molar-refractivity contribution in [2.75, 3.05) is 6.61 Å². The van der Waals surface area contributed by atoms with Gasteiger partial charge in [0.05, 0.1) is 13.2 Å². The molecule has 4 atom stereocenters. The van der Waals surface area contributed by atoms with Gasteiger partial charge in [-0.15, -0.1) is 0 Å². The van der Waals surface area contributed by atoms with Crippen molar-refractivity contribution in [3.63, 3.8) is 0 Å². The van der Waals surface area contributed by atoms with Gasteiger partial charge in [-0.2, -0.15) is 0 Å². The molecule has 0 aliphatic carbocycles. The lowest BCUT2D eigenvalue weighted by atomic mass is 10.1. The maximum absolute atomic E-state index is 11.3. The number of esters is 1. The minimum absolute atomic E-state index is 0.266. The monoisotopic (exact) mass is 308 g/mol.